The molecule has 2 aliphatic rings. The van der Waals surface area contributed by atoms with Crippen LogP contribution in [0.1, 0.15) is 52.9 Å². The van der Waals surface area contributed by atoms with E-state index in [9.17, 15) is 4.79 Å². The van der Waals surface area contributed by atoms with Crippen LogP contribution >= 0.6 is 0 Å². The number of piperidine rings is 2. The zero-order valence-corrected chi connectivity index (χ0v) is 15.5. The second kappa shape index (κ2) is 9.39. The van der Waals surface area contributed by atoms with Gasteiger partial charge in [0, 0.05) is 18.5 Å². The molecule has 0 aromatic rings. The topological polar surface area (TPSA) is 56.6 Å². The minimum atomic E-state index is -0.00961. The van der Waals surface area contributed by atoms with Crippen molar-refractivity contribution in [3.63, 3.8) is 0 Å². The highest BCUT2D eigenvalue weighted by Crippen LogP contribution is 2.23. The molecule has 0 saturated carbocycles. The molecule has 0 aromatic heterocycles. The predicted molar refractivity (Wildman–Crippen MR) is 94.4 cm³/mol. The van der Waals surface area contributed by atoms with Crippen LogP contribution in [0.3, 0.4) is 0 Å². The third-order valence-electron chi connectivity index (χ3n) is 5.71. The van der Waals surface area contributed by atoms with Gasteiger partial charge in [-0.25, -0.2) is 0 Å². The molecule has 0 spiro atoms. The van der Waals surface area contributed by atoms with Gasteiger partial charge < -0.3 is 9.64 Å². The summed E-state index contributed by atoms with van der Waals surface area (Å²) in [5.74, 6) is 0.616. The third kappa shape index (κ3) is 5.46. The van der Waals surface area contributed by atoms with Crippen LogP contribution in [0.25, 0.3) is 0 Å². The molecule has 5 nitrogen and oxygen atoms in total. The molecule has 5 heteroatoms. The Morgan fingerprint density at radius 1 is 1.08 bits per heavy atom. The Labute approximate surface area is 146 Å². The summed E-state index contributed by atoms with van der Waals surface area (Å²) in [4.78, 5) is 17.1. The summed E-state index contributed by atoms with van der Waals surface area (Å²) in [5, 5.41) is 8.79. The number of ether oxygens (including phenoxy) is 1. The van der Waals surface area contributed by atoms with E-state index in [1.807, 2.05) is 0 Å². The number of hydrogen-bond donors (Lipinski definition) is 0. The molecular weight excluding hydrogens is 302 g/mol. The molecule has 0 bridgehead atoms. The third-order valence-corrected chi connectivity index (χ3v) is 5.71. The number of likely N-dealkylation sites (tertiary alicyclic amines) is 2. The van der Waals surface area contributed by atoms with Crippen LogP contribution in [0.5, 0.6) is 0 Å². The van der Waals surface area contributed by atoms with E-state index < -0.39 is 0 Å². The fraction of sp³-hybridized carbons (Fsp3) is 0.895. The Morgan fingerprint density at radius 3 is 2.21 bits per heavy atom. The molecule has 24 heavy (non-hydrogen) atoms. The van der Waals surface area contributed by atoms with Crippen molar-refractivity contribution in [2.24, 2.45) is 11.8 Å². The lowest BCUT2D eigenvalue weighted by atomic mass is 9.93. The van der Waals surface area contributed by atoms with Crippen molar-refractivity contribution in [2.45, 2.75) is 65.0 Å². The van der Waals surface area contributed by atoms with Crippen LogP contribution in [-0.4, -0.2) is 60.6 Å². The highest BCUT2D eigenvalue weighted by Gasteiger charge is 2.28. The van der Waals surface area contributed by atoms with Crippen LogP contribution in [0, 0.1) is 23.2 Å². The highest BCUT2D eigenvalue weighted by molar-refractivity contribution is 5.72. The second-order valence-corrected chi connectivity index (χ2v) is 7.72. The quantitative estimate of drug-likeness (QED) is 0.699. The van der Waals surface area contributed by atoms with Gasteiger partial charge in [-0.3, -0.25) is 9.69 Å². The largest absolute Gasteiger partial charge is 0.464 e. The van der Waals surface area contributed by atoms with Gasteiger partial charge in [-0.1, -0.05) is 0 Å². The summed E-state index contributed by atoms with van der Waals surface area (Å²) in [6, 6.07) is 3.11. The number of nitriles is 1. The highest BCUT2D eigenvalue weighted by atomic mass is 16.5. The van der Waals surface area contributed by atoms with Gasteiger partial charge >= 0.3 is 5.97 Å². The fourth-order valence-corrected chi connectivity index (χ4v) is 3.80. The van der Waals surface area contributed by atoms with E-state index in [4.69, 9.17) is 10.00 Å². The van der Waals surface area contributed by atoms with Gasteiger partial charge in [0.15, 0.2) is 0 Å². The minimum Gasteiger partial charge on any atom is -0.464 e. The van der Waals surface area contributed by atoms with Gasteiger partial charge in [-0.05, 0) is 78.6 Å². The van der Waals surface area contributed by atoms with Crippen LogP contribution in [-0.2, 0) is 9.53 Å². The summed E-state index contributed by atoms with van der Waals surface area (Å²) in [7, 11) is 0. The predicted octanol–water partition coefficient (Wildman–Crippen LogP) is 2.66. The molecule has 0 radical (unpaired) electrons. The molecule has 1 unspecified atom stereocenters. The standard InChI is InChI=1S/C19H33N3O2/c1-15(2)21-12-7-18(8-13-21)19(23)24-14-16(3)22-10-5-17(4-9-20)6-11-22/h15-18H,4-8,10-14H2,1-3H3. The van der Waals surface area contributed by atoms with Gasteiger partial charge in [0.1, 0.15) is 6.61 Å². The van der Waals surface area contributed by atoms with E-state index in [1.54, 1.807) is 0 Å². The summed E-state index contributed by atoms with van der Waals surface area (Å²) in [6.07, 6.45) is 4.68. The van der Waals surface area contributed by atoms with Gasteiger partial charge in [0.2, 0.25) is 0 Å². The number of carbonyl (C=O) groups excluding carboxylic acids is 1. The molecule has 2 rings (SSSR count). The summed E-state index contributed by atoms with van der Waals surface area (Å²) < 4.78 is 5.62. The molecule has 0 N–H and O–H groups in total. The van der Waals surface area contributed by atoms with E-state index in [1.165, 1.54) is 0 Å². The lowest BCUT2D eigenvalue weighted by molar-refractivity contribution is -0.152. The molecule has 2 fully saturated rings. The molecule has 1 atom stereocenters. The Hall–Kier alpha value is -1.12. The first-order chi connectivity index (χ1) is 11.5. The monoisotopic (exact) mass is 335 g/mol. The van der Waals surface area contributed by atoms with Crippen molar-refractivity contribution in [1.29, 1.82) is 5.26 Å². The number of rotatable bonds is 6. The number of esters is 1. The molecule has 2 aliphatic heterocycles. The molecular formula is C19H33N3O2. The first-order valence-corrected chi connectivity index (χ1v) is 9.53. The van der Waals surface area contributed by atoms with Crippen molar-refractivity contribution in [1.82, 2.24) is 9.80 Å². The maximum Gasteiger partial charge on any atom is 0.309 e. The van der Waals surface area contributed by atoms with Crippen molar-refractivity contribution >= 4 is 5.97 Å². The molecule has 2 heterocycles. The van der Waals surface area contributed by atoms with Crippen LogP contribution in [0.4, 0.5) is 0 Å². The number of hydrogen-bond acceptors (Lipinski definition) is 5. The van der Waals surface area contributed by atoms with Crippen LogP contribution in [0.2, 0.25) is 0 Å². The average molecular weight is 335 g/mol. The first kappa shape index (κ1) is 19.2. The minimum absolute atomic E-state index is 0.00961. The van der Waals surface area contributed by atoms with Crippen molar-refractivity contribution < 1.29 is 9.53 Å². The Balaban J connectivity index is 1.66. The number of nitrogens with zero attached hydrogens (tertiary/aromatic N) is 3. The van der Waals surface area contributed by atoms with Crippen molar-refractivity contribution in [3.8, 4) is 6.07 Å². The van der Waals surface area contributed by atoms with E-state index in [-0.39, 0.29) is 17.9 Å². The molecule has 136 valence electrons. The normalized spacial score (nSPS) is 23.1. The fourth-order valence-electron chi connectivity index (χ4n) is 3.80. The van der Waals surface area contributed by atoms with Gasteiger partial charge in [-0.15, -0.1) is 0 Å². The van der Waals surface area contributed by atoms with Crippen molar-refractivity contribution in [2.75, 3.05) is 32.8 Å². The SMILES string of the molecule is CC(C)N1CCC(C(=O)OCC(C)N2CCC(CC#N)CC2)CC1. The summed E-state index contributed by atoms with van der Waals surface area (Å²) >= 11 is 0. The maximum absolute atomic E-state index is 12.3. The van der Waals surface area contributed by atoms with Gasteiger partial charge in [0.25, 0.3) is 0 Å². The summed E-state index contributed by atoms with van der Waals surface area (Å²) in [5.41, 5.74) is 0. The molecule has 0 aromatic carbocycles. The lowest BCUT2D eigenvalue weighted by Gasteiger charge is -2.36. The van der Waals surface area contributed by atoms with Crippen molar-refractivity contribution in [3.05, 3.63) is 0 Å². The zero-order chi connectivity index (χ0) is 17.5. The average Bonchev–Trinajstić information content (AvgIpc) is 2.60. The van der Waals surface area contributed by atoms with E-state index in [2.05, 4.69) is 36.6 Å². The Morgan fingerprint density at radius 2 is 1.67 bits per heavy atom. The molecule has 0 aliphatic carbocycles. The lowest BCUT2D eigenvalue weighted by Crippen LogP contribution is -2.44. The zero-order valence-electron chi connectivity index (χ0n) is 15.5. The van der Waals surface area contributed by atoms with E-state index >= 15 is 0 Å². The summed E-state index contributed by atoms with van der Waals surface area (Å²) in [6.45, 7) is 11.1. The smallest absolute Gasteiger partial charge is 0.309 e. The van der Waals surface area contributed by atoms with Gasteiger partial charge in [-0.2, -0.15) is 5.26 Å². The van der Waals surface area contributed by atoms with E-state index in [0.29, 0.717) is 25.0 Å². The van der Waals surface area contributed by atoms with Gasteiger partial charge in [0.05, 0.1) is 12.0 Å². The second-order valence-electron chi connectivity index (χ2n) is 7.72. The Bertz CT molecular complexity index is 430. The maximum atomic E-state index is 12.3. The first-order valence-electron chi connectivity index (χ1n) is 9.53. The van der Waals surface area contributed by atoms with Crippen LogP contribution in [0.15, 0.2) is 0 Å². The molecule has 2 saturated heterocycles. The Kier molecular flexibility index (Phi) is 7.51. The van der Waals surface area contributed by atoms with E-state index in [0.717, 1.165) is 51.9 Å². The molecule has 0 amide bonds. The van der Waals surface area contributed by atoms with Crippen LogP contribution < -0.4 is 0 Å². The number of carbonyl (C=O) groups is 1.